The van der Waals surface area contributed by atoms with Crippen molar-refractivity contribution in [2.45, 2.75) is 17.0 Å². The minimum Gasteiger partial charge on any atom is -0.493 e. The number of nitrogens with two attached hydrogens (primary N) is 1. The first-order valence-corrected chi connectivity index (χ1v) is 10.5. The summed E-state index contributed by atoms with van der Waals surface area (Å²) in [5, 5.41) is 5.97. The Morgan fingerprint density at radius 2 is 1.88 bits per heavy atom. The van der Waals surface area contributed by atoms with Crippen LogP contribution in [0.2, 0.25) is 0 Å². The van der Waals surface area contributed by atoms with E-state index in [0.717, 1.165) is 10.8 Å². The zero-order valence-electron chi connectivity index (χ0n) is 14.2. The van der Waals surface area contributed by atoms with E-state index in [4.69, 9.17) is 9.88 Å². The third kappa shape index (κ3) is 4.46. The summed E-state index contributed by atoms with van der Waals surface area (Å²) in [5.41, 5.74) is 2.28. The maximum absolute atomic E-state index is 11.2. The van der Waals surface area contributed by atoms with E-state index >= 15 is 0 Å². The van der Waals surface area contributed by atoms with E-state index in [1.54, 1.807) is 30.1 Å². The van der Waals surface area contributed by atoms with Crippen LogP contribution in [0.25, 0.3) is 5.69 Å². The lowest BCUT2D eigenvalue weighted by molar-refractivity contribution is 0.343. The van der Waals surface area contributed by atoms with E-state index in [-0.39, 0.29) is 4.90 Å². The van der Waals surface area contributed by atoms with Gasteiger partial charge in [-0.05, 0) is 42.8 Å². The van der Waals surface area contributed by atoms with E-state index < -0.39 is 10.0 Å². The summed E-state index contributed by atoms with van der Waals surface area (Å²) in [6.07, 6.45) is 3.72. The molecule has 0 saturated carbocycles. The molecule has 3 aromatic rings. The number of hydrogen-bond acceptors (Lipinski definition) is 5. The monoisotopic (exact) mass is 389 g/mol. The molecule has 0 saturated heterocycles. The normalized spacial score (nSPS) is 11.5. The van der Waals surface area contributed by atoms with E-state index in [1.165, 1.54) is 17.7 Å². The Hall–Kier alpha value is -2.29. The molecular formula is C18H19N3O3S2. The van der Waals surface area contributed by atoms with Gasteiger partial charge in [-0.25, -0.2) is 18.5 Å². The predicted molar refractivity (Wildman–Crippen MR) is 102 cm³/mol. The first kappa shape index (κ1) is 18.5. The Morgan fingerprint density at radius 1 is 1.15 bits per heavy atom. The number of primary sulfonamides is 1. The topological polar surface area (TPSA) is 87.2 Å². The number of hydrogen-bond donors (Lipinski definition) is 1. The Labute approximate surface area is 157 Å². The highest BCUT2D eigenvalue weighted by Crippen LogP contribution is 2.23. The van der Waals surface area contributed by atoms with Gasteiger partial charge in [0.1, 0.15) is 5.75 Å². The Bertz CT molecular complexity index is 983. The fourth-order valence-corrected chi connectivity index (χ4v) is 3.73. The number of ether oxygens (including phenoxy) is 1. The molecule has 0 unspecified atom stereocenters. The van der Waals surface area contributed by atoms with Crippen molar-refractivity contribution < 1.29 is 13.2 Å². The van der Waals surface area contributed by atoms with Gasteiger partial charge in [0.15, 0.2) is 5.16 Å². The lowest BCUT2D eigenvalue weighted by Gasteiger charge is -2.10. The number of nitrogens with zero attached hydrogens (tertiary/aromatic N) is 2. The first-order chi connectivity index (χ1) is 12.4. The molecule has 0 atom stereocenters. The summed E-state index contributed by atoms with van der Waals surface area (Å²) in [7, 11) is -3.68. The predicted octanol–water partition coefficient (Wildman–Crippen LogP) is 3.00. The van der Waals surface area contributed by atoms with Crippen LogP contribution in [0.4, 0.5) is 0 Å². The number of thioether (sulfide) groups is 1. The number of imidazole rings is 1. The summed E-state index contributed by atoms with van der Waals surface area (Å²) < 4.78 is 30.2. The number of benzene rings is 2. The largest absolute Gasteiger partial charge is 0.493 e. The molecule has 0 spiro atoms. The van der Waals surface area contributed by atoms with E-state index in [1.807, 2.05) is 18.3 Å². The van der Waals surface area contributed by atoms with Crippen LogP contribution < -0.4 is 9.88 Å². The maximum atomic E-state index is 11.2. The molecule has 0 radical (unpaired) electrons. The van der Waals surface area contributed by atoms with E-state index in [2.05, 4.69) is 28.6 Å². The van der Waals surface area contributed by atoms with Gasteiger partial charge in [-0.1, -0.05) is 30.0 Å². The van der Waals surface area contributed by atoms with Crippen molar-refractivity contribution in [3.63, 3.8) is 0 Å². The van der Waals surface area contributed by atoms with Crippen molar-refractivity contribution in [3.8, 4) is 11.4 Å². The minimum absolute atomic E-state index is 0.0690. The molecule has 136 valence electrons. The molecule has 0 aliphatic carbocycles. The van der Waals surface area contributed by atoms with Gasteiger partial charge in [0.05, 0.1) is 17.2 Å². The fraction of sp³-hybridized carbons (Fsp3) is 0.167. The van der Waals surface area contributed by atoms with Gasteiger partial charge in [-0.15, -0.1) is 0 Å². The van der Waals surface area contributed by atoms with Crippen LogP contribution in [0.15, 0.2) is 71.0 Å². The summed E-state index contributed by atoms with van der Waals surface area (Å²) in [5.74, 6) is 1.31. The molecule has 0 aliphatic heterocycles. The highest BCUT2D eigenvalue weighted by molar-refractivity contribution is 7.99. The quantitative estimate of drug-likeness (QED) is 0.496. The SMILES string of the molecule is Cc1ccccc1-n1ccnc1SCCOc1ccc(S(N)(=O)=O)cc1. The van der Waals surface area contributed by atoms with Crippen LogP contribution in [0.3, 0.4) is 0 Å². The second kappa shape index (κ2) is 7.94. The van der Waals surface area contributed by atoms with Crippen molar-refractivity contribution in [3.05, 3.63) is 66.5 Å². The van der Waals surface area contributed by atoms with Gasteiger partial charge >= 0.3 is 0 Å². The molecule has 0 bridgehead atoms. The van der Waals surface area contributed by atoms with Crippen LogP contribution >= 0.6 is 11.8 Å². The van der Waals surface area contributed by atoms with Crippen molar-refractivity contribution >= 4 is 21.8 Å². The molecule has 0 aliphatic rings. The van der Waals surface area contributed by atoms with Gasteiger partial charge in [0.2, 0.25) is 10.0 Å². The van der Waals surface area contributed by atoms with Crippen LogP contribution in [0.1, 0.15) is 5.56 Å². The molecular weight excluding hydrogens is 370 g/mol. The highest BCUT2D eigenvalue weighted by atomic mass is 32.2. The number of rotatable bonds is 7. The van der Waals surface area contributed by atoms with E-state index in [9.17, 15) is 8.42 Å². The molecule has 0 amide bonds. The number of para-hydroxylation sites is 1. The van der Waals surface area contributed by atoms with E-state index in [0.29, 0.717) is 18.1 Å². The van der Waals surface area contributed by atoms with Crippen molar-refractivity contribution in [1.29, 1.82) is 0 Å². The van der Waals surface area contributed by atoms with Crippen LogP contribution in [-0.4, -0.2) is 30.3 Å². The smallest absolute Gasteiger partial charge is 0.238 e. The second-order valence-electron chi connectivity index (χ2n) is 5.58. The van der Waals surface area contributed by atoms with Gasteiger partial charge in [0.25, 0.3) is 0 Å². The van der Waals surface area contributed by atoms with Crippen LogP contribution in [-0.2, 0) is 10.0 Å². The average molecular weight is 390 g/mol. The number of sulfonamides is 1. The summed E-state index contributed by atoms with van der Waals surface area (Å²) in [6.45, 7) is 2.54. The first-order valence-electron chi connectivity index (χ1n) is 7.93. The Kier molecular flexibility index (Phi) is 5.65. The summed E-state index contributed by atoms with van der Waals surface area (Å²) >= 11 is 1.59. The maximum Gasteiger partial charge on any atom is 0.238 e. The average Bonchev–Trinajstić information content (AvgIpc) is 3.07. The van der Waals surface area contributed by atoms with Gasteiger partial charge in [-0.2, -0.15) is 0 Å². The molecule has 8 heteroatoms. The third-order valence-electron chi connectivity index (χ3n) is 3.72. The van der Waals surface area contributed by atoms with Gasteiger partial charge in [-0.3, -0.25) is 4.57 Å². The van der Waals surface area contributed by atoms with Crippen LogP contribution in [0.5, 0.6) is 5.75 Å². The lowest BCUT2D eigenvalue weighted by Crippen LogP contribution is -2.11. The zero-order chi connectivity index (χ0) is 18.6. The molecule has 1 aromatic heterocycles. The minimum atomic E-state index is -3.68. The molecule has 26 heavy (non-hydrogen) atoms. The Morgan fingerprint density at radius 3 is 2.58 bits per heavy atom. The standard InChI is InChI=1S/C18H19N3O3S2/c1-14-4-2-3-5-17(14)21-11-10-20-18(21)25-13-12-24-15-6-8-16(9-7-15)26(19,22)23/h2-11H,12-13H2,1H3,(H2,19,22,23). The molecule has 1 heterocycles. The van der Waals surface area contributed by atoms with Crippen molar-refractivity contribution in [1.82, 2.24) is 9.55 Å². The molecule has 0 fully saturated rings. The molecule has 3 rings (SSSR count). The van der Waals surface area contributed by atoms with Crippen molar-refractivity contribution in [2.75, 3.05) is 12.4 Å². The van der Waals surface area contributed by atoms with Gasteiger partial charge in [0, 0.05) is 18.1 Å². The summed E-state index contributed by atoms with van der Waals surface area (Å²) in [4.78, 5) is 4.48. The third-order valence-corrected chi connectivity index (χ3v) is 5.58. The molecule has 2 N–H and O–H groups in total. The zero-order valence-corrected chi connectivity index (χ0v) is 15.8. The van der Waals surface area contributed by atoms with Gasteiger partial charge < -0.3 is 4.74 Å². The second-order valence-corrected chi connectivity index (χ2v) is 8.20. The lowest BCUT2D eigenvalue weighted by atomic mass is 10.2. The number of aromatic nitrogens is 2. The fourth-order valence-electron chi connectivity index (χ4n) is 2.43. The highest BCUT2D eigenvalue weighted by Gasteiger charge is 2.09. The summed E-state index contributed by atoms with van der Waals surface area (Å²) in [6, 6.07) is 14.2. The molecule has 6 nitrogen and oxygen atoms in total. The molecule has 2 aromatic carbocycles. The Balaban J connectivity index is 1.57. The van der Waals surface area contributed by atoms with Crippen molar-refractivity contribution in [2.24, 2.45) is 5.14 Å². The van der Waals surface area contributed by atoms with Crippen LogP contribution in [0, 0.1) is 6.92 Å². The number of aryl methyl sites for hydroxylation is 1.